The van der Waals surface area contributed by atoms with Gasteiger partial charge in [-0.15, -0.1) is 0 Å². The van der Waals surface area contributed by atoms with Crippen molar-refractivity contribution in [3.8, 4) is 0 Å². The lowest BCUT2D eigenvalue weighted by Crippen LogP contribution is -1.98. The van der Waals surface area contributed by atoms with Crippen LogP contribution < -0.4 is 0 Å². The molecule has 0 unspecified atom stereocenters. The molecule has 1 rings (SSSR count). The maximum atomic E-state index is 11.0. The van der Waals surface area contributed by atoms with Crippen molar-refractivity contribution in [1.82, 2.24) is 0 Å². The summed E-state index contributed by atoms with van der Waals surface area (Å²) < 4.78 is 1.06. The Labute approximate surface area is 102 Å². The van der Waals surface area contributed by atoms with E-state index in [0.29, 0.717) is 13.6 Å². The van der Waals surface area contributed by atoms with Gasteiger partial charge in [0.1, 0.15) is 4.47 Å². The summed E-state index contributed by atoms with van der Waals surface area (Å²) in [5.41, 5.74) is 0.270. The number of halogens is 2. The number of benzene rings is 1. The largest absolute Gasteiger partial charge is 0.295 e. The number of nitro groups is 1. The van der Waals surface area contributed by atoms with E-state index in [9.17, 15) is 14.9 Å². The first-order valence-electron chi connectivity index (χ1n) is 3.58. The SMILES string of the molecule is CC(=O)c1cc(I)c(Br)c([N+](=O)[O-])c1. The number of nitro benzene ring substituents is 1. The Kier molecular flexibility index (Phi) is 3.59. The summed E-state index contributed by atoms with van der Waals surface area (Å²) in [6, 6.07) is 2.88. The fourth-order valence-corrected chi connectivity index (χ4v) is 1.90. The number of carbonyl (C=O) groups excluding carboxylic acids is 1. The van der Waals surface area contributed by atoms with E-state index < -0.39 is 4.92 Å². The number of hydrogen-bond donors (Lipinski definition) is 0. The molecule has 1 aromatic rings. The molecule has 0 heterocycles. The van der Waals surface area contributed by atoms with Crippen LogP contribution in [0.2, 0.25) is 0 Å². The molecule has 0 aliphatic rings. The van der Waals surface area contributed by atoms with Crippen molar-refractivity contribution in [3.63, 3.8) is 0 Å². The van der Waals surface area contributed by atoms with E-state index in [1.807, 2.05) is 22.6 Å². The topological polar surface area (TPSA) is 60.2 Å². The molecule has 0 aliphatic heterocycles. The number of ketones is 1. The summed E-state index contributed by atoms with van der Waals surface area (Å²) in [6.45, 7) is 1.38. The molecule has 0 amide bonds. The minimum atomic E-state index is -0.515. The molecule has 14 heavy (non-hydrogen) atoms. The predicted octanol–water partition coefficient (Wildman–Crippen LogP) is 3.16. The van der Waals surface area contributed by atoms with E-state index in [4.69, 9.17) is 0 Å². The second kappa shape index (κ2) is 4.35. The first-order chi connectivity index (χ1) is 6.43. The summed E-state index contributed by atoms with van der Waals surface area (Å²) >= 11 is 5.04. The lowest BCUT2D eigenvalue weighted by atomic mass is 10.1. The monoisotopic (exact) mass is 369 g/mol. The highest BCUT2D eigenvalue weighted by atomic mass is 127. The third kappa shape index (κ3) is 2.30. The normalized spacial score (nSPS) is 9.93. The van der Waals surface area contributed by atoms with Crippen LogP contribution in [0.5, 0.6) is 0 Å². The van der Waals surface area contributed by atoms with E-state index in [0.717, 1.165) is 0 Å². The average Bonchev–Trinajstić information content (AvgIpc) is 2.08. The smallest absolute Gasteiger partial charge is 0.285 e. The molecule has 4 nitrogen and oxygen atoms in total. The number of nitrogens with zero attached hydrogens (tertiary/aromatic N) is 1. The average molecular weight is 370 g/mol. The van der Waals surface area contributed by atoms with E-state index in [-0.39, 0.29) is 11.5 Å². The number of Topliss-reactive ketones (excluding diaryl/α,β-unsaturated/α-hetero) is 1. The third-order valence-corrected chi connectivity index (χ3v) is 4.04. The zero-order chi connectivity index (χ0) is 10.9. The molecule has 0 aromatic heterocycles. The van der Waals surface area contributed by atoms with Crippen LogP contribution in [0.25, 0.3) is 0 Å². The lowest BCUT2D eigenvalue weighted by molar-refractivity contribution is -0.385. The maximum absolute atomic E-state index is 11.0. The van der Waals surface area contributed by atoms with Gasteiger partial charge >= 0.3 is 0 Å². The lowest BCUT2D eigenvalue weighted by Gasteiger charge is -2.01. The Morgan fingerprint density at radius 2 is 2.14 bits per heavy atom. The van der Waals surface area contributed by atoms with Gasteiger partial charge in [-0.25, -0.2) is 0 Å². The highest BCUT2D eigenvalue weighted by molar-refractivity contribution is 14.1. The van der Waals surface area contributed by atoms with Gasteiger partial charge in [-0.05, 0) is 51.5 Å². The van der Waals surface area contributed by atoms with Crippen LogP contribution in [-0.4, -0.2) is 10.7 Å². The summed E-state index contributed by atoms with van der Waals surface area (Å²) in [4.78, 5) is 21.1. The standard InChI is InChI=1S/C8H5BrINO3/c1-4(12)5-2-6(10)8(9)7(3-5)11(13)14/h2-3H,1H3. The molecule has 0 saturated heterocycles. The molecular weight excluding hydrogens is 365 g/mol. The van der Waals surface area contributed by atoms with Gasteiger partial charge in [-0.3, -0.25) is 14.9 Å². The van der Waals surface area contributed by atoms with Crippen LogP contribution in [0.15, 0.2) is 16.6 Å². The first kappa shape index (κ1) is 11.6. The van der Waals surface area contributed by atoms with Crippen molar-refractivity contribution >= 4 is 50.0 Å². The molecule has 0 spiro atoms. The minimum Gasteiger partial charge on any atom is -0.295 e. The molecule has 0 fully saturated rings. The van der Waals surface area contributed by atoms with Crippen LogP contribution in [0.3, 0.4) is 0 Å². The van der Waals surface area contributed by atoms with Gasteiger partial charge in [0.2, 0.25) is 0 Å². The van der Waals surface area contributed by atoms with Gasteiger partial charge in [0.15, 0.2) is 5.78 Å². The van der Waals surface area contributed by atoms with Gasteiger partial charge in [0.25, 0.3) is 5.69 Å². The summed E-state index contributed by atoms with van der Waals surface area (Å²) in [6.07, 6.45) is 0. The highest BCUT2D eigenvalue weighted by Gasteiger charge is 2.17. The predicted molar refractivity (Wildman–Crippen MR) is 63.5 cm³/mol. The fourth-order valence-electron chi connectivity index (χ4n) is 0.911. The molecule has 0 atom stereocenters. The van der Waals surface area contributed by atoms with Gasteiger partial charge in [-0.2, -0.15) is 0 Å². The minimum absolute atomic E-state index is 0.0814. The molecule has 0 bridgehead atoms. The quantitative estimate of drug-likeness (QED) is 0.348. The van der Waals surface area contributed by atoms with Crippen molar-refractivity contribution in [2.45, 2.75) is 6.92 Å². The van der Waals surface area contributed by atoms with Crippen LogP contribution >= 0.6 is 38.5 Å². The first-order valence-corrected chi connectivity index (χ1v) is 5.45. The van der Waals surface area contributed by atoms with Crippen molar-refractivity contribution in [2.75, 3.05) is 0 Å². The zero-order valence-corrected chi connectivity index (χ0v) is 10.8. The fraction of sp³-hybridized carbons (Fsp3) is 0.125. The second-order valence-electron chi connectivity index (χ2n) is 2.60. The molecule has 74 valence electrons. The van der Waals surface area contributed by atoms with Crippen molar-refractivity contribution in [2.24, 2.45) is 0 Å². The van der Waals surface area contributed by atoms with Crippen LogP contribution in [-0.2, 0) is 0 Å². The number of carbonyl (C=O) groups is 1. The van der Waals surface area contributed by atoms with Crippen molar-refractivity contribution in [3.05, 3.63) is 35.9 Å². The Morgan fingerprint density at radius 3 is 2.57 bits per heavy atom. The number of hydrogen-bond acceptors (Lipinski definition) is 3. The van der Waals surface area contributed by atoms with Gasteiger partial charge in [0.05, 0.1) is 4.92 Å². The molecule has 1 aromatic carbocycles. The second-order valence-corrected chi connectivity index (χ2v) is 4.56. The summed E-state index contributed by atoms with van der Waals surface area (Å²) in [5.74, 6) is -0.182. The zero-order valence-electron chi connectivity index (χ0n) is 7.08. The van der Waals surface area contributed by atoms with Crippen LogP contribution in [0.1, 0.15) is 17.3 Å². The van der Waals surface area contributed by atoms with Gasteiger partial charge < -0.3 is 0 Å². The van der Waals surface area contributed by atoms with Crippen LogP contribution in [0.4, 0.5) is 5.69 Å². The van der Waals surface area contributed by atoms with Gasteiger partial charge in [0, 0.05) is 15.2 Å². The molecule has 0 aliphatic carbocycles. The molecular formula is C8H5BrINO3. The van der Waals surface area contributed by atoms with E-state index in [2.05, 4.69) is 15.9 Å². The highest BCUT2D eigenvalue weighted by Crippen LogP contribution is 2.31. The van der Waals surface area contributed by atoms with E-state index in [1.165, 1.54) is 13.0 Å². The Bertz CT molecular complexity index is 419. The van der Waals surface area contributed by atoms with E-state index >= 15 is 0 Å². The van der Waals surface area contributed by atoms with Crippen molar-refractivity contribution < 1.29 is 9.72 Å². The number of rotatable bonds is 2. The Morgan fingerprint density at radius 1 is 1.57 bits per heavy atom. The molecule has 6 heteroatoms. The van der Waals surface area contributed by atoms with Crippen molar-refractivity contribution in [1.29, 1.82) is 0 Å². The molecule has 0 radical (unpaired) electrons. The van der Waals surface area contributed by atoms with E-state index in [1.54, 1.807) is 6.07 Å². The Hall–Kier alpha value is -0.500. The summed E-state index contributed by atoms with van der Waals surface area (Å²) in [5, 5.41) is 10.6. The van der Waals surface area contributed by atoms with Crippen LogP contribution in [0, 0.1) is 13.7 Å². The molecule has 0 saturated carbocycles. The third-order valence-electron chi connectivity index (χ3n) is 1.61. The van der Waals surface area contributed by atoms with Gasteiger partial charge in [-0.1, -0.05) is 0 Å². The molecule has 0 N–H and O–H groups in total. The summed E-state index contributed by atoms with van der Waals surface area (Å²) in [7, 11) is 0. The maximum Gasteiger partial charge on any atom is 0.285 e. The Balaban J connectivity index is 3.43.